The lowest BCUT2D eigenvalue weighted by Gasteiger charge is -2.61. The minimum atomic E-state index is -6.54. The van der Waals surface area contributed by atoms with Crippen molar-refractivity contribution in [2.45, 2.75) is 128 Å². The Hall–Kier alpha value is -1.78. The Labute approximate surface area is 261 Å². The maximum atomic E-state index is 15.0. The van der Waals surface area contributed by atoms with Crippen molar-refractivity contribution in [2.24, 2.45) is 46.3 Å². The van der Waals surface area contributed by atoms with Crippen molar-refractivity contribution in [2.75, 3.05) is 11.5 Å². The van der Waals surface area contributed by atoms with Crippen LogP contribution >= 0.6 is 0 Å². The standard InChI is InChI=1S/C34H48F8N2O/c1-5-6-19(2)26-9-10-27-25-8-7-20-17-24(11-13-29(20,3)28(25)12-14-30(26,27)4)45-34(41,42)33(39,40)32(37,38)31(35,36)21-15-22(43)18-23(44)16-21/h15-16,18-20,24-28H,5-14,17,43-44H2,1-4H3/t19-,20?,24?,25+,26-,27+,28+,29+,30-/m1/s1. The molecule has 11 heteroatoms. The molecule has 9 atom stereocenters. The van der Waals surface area contributed by atoms with Crippen molar-refractivity contribution in [1.82, 2.24) is 0 Å². The summed E-state index contributed by atoms with van der Waals surface area (Å²) in [5.74, 6) is -16.1. The Morgan fingerprint density at radius 3 is 2.02 bits per heavy atom. The molecule has 1 aromatic carbocycles. The molecule has 0 radical (unpaired) electrons. The number of halogens is 8. The van der Waals surface area contributed by atoms with Crippen molar-refractivity contribution < 1.29 is 39.9 Å². The molecule has 4 aliphatic rings. The van der Waals surface area contributed by atoms with Crippen molar-refractivity contribution in [3.63, 3.8) is 0 Å². The molecule has 256 valence electrons. The lowest BCUT2D eigenvalue weighted by atomic mass is 9.44. The van der Waals surface area contributed by atoms with Crippen LogP contribution < -0.4 is 11.5 Å². The van der Waals surface area contributed by atoms with Crippen LogP contribution in [0.4, 0.5) is 46.5 Å². The molecule has 0 heterocycles. The highest BCUT2D eigenvalue weighted by Crippen LogP contribution is 2.69. The third-order valence-corrected chi connectivity index (χ3v) is 12.9. The van der Waals surface area contributed by atoms with Crippen LogP contribution in [0.15, 0.2) is 18.2 Å². The monoisotopic (exact) mass is 652 g/mol. The highest BCUT2D eigenvalue weighted by molar-refractivity contribution is 5.55. The van der Waals surface area contributed by atoms with Gasteiger partial charge in [0.2, 0.25) is 0 Å². The van der Waals surface area contributed by atoms with Crippen LogP contribution in [0.2, 0.25) is 0 Å². The quantitative estimate of drug-likeness (QED) is 0.206. The van der Waals surface area contributed by atoms with Gasteiger partial charge in [0, 0.05) is 16.9 Å². The van der Waals surface area contributed by atoms with Gasteiger partial charge in [-0.05, 0) is 122 Å². The molecule has 4 aliphatic carbocycles. The van der Waals surface area contributed by atoms with Crippen molar-refractivity contribution in [1.29, 1.82) is 0 Å². The molecule has 4 saturated carbocycles. The largest absolute Gasteiger partial charge is 0.426 e. The number of alkyl halides is 8. The predicted octanol–water partition coefficient (Wildman–Crippen LogP) is 10.3. The third-order valence-electron chi connectivity index (χ3n) is 12.9. The zero-order valence-electron chi connectivity index (χ0n) is 26.6. The molecule has 0 spiro atoms. The summed E-state index contributed by atoms with van der Waals surface area (Å²) in [4.78, 5) is 0. The first-order valence-corrected chi connectivity index (χ1v) is 16.6. The first-order chi connectivity index (χ1) is 20.7. The number of anilines is 2. The van der Waals surface area contributed by atoms with Crippen molar-refractivity contribution >= 4 is 11.4 Å². The van der Waals surface area contributed by atoms with E-state index in [2.05, 4.69) is 32.4 Å². The summed E-state index contributed by atoms with van der Waals surface area (Å²) >= 11 is 0. The van der Waals surface area contributed by atoms with Crippen LogP contribution in [0.3, 0.4) is 0 Å². The summed E-state index contributed by atoms with van der Waals surface area (Å²) in [5.41, 5.74) is 8.09. The predicted molar refractivity (Wildman–Crippen MR) is 158 cm³/mol. The molecule has 0 amide bonds. The van der Waals surface area contributed by atoms with Gasteiger partial charge in [-0.3, -0.25) is 0 Å². The first kappa shape index (κ1) is 34.6. The average molecular weight is 653 g/mol. The molecule has 0 saturated heterocycles. The summed E-state index contributed by atoms with van der Waals surface area (Å²) in [7, 11) is 0. The lowest BCUT2D eigenvalue weighted by Crippen LogP contribution is -2.63. The summed E-state index contributed by atoms with van der Waals surface area (Å²) in [5, 5.41) is 0. The van der Waals surface area contributed by atoms with Gasteiger partial charge in [0.05, 0.1) is 6.10 Å². The summed E-state index contributed by atoms with van der Waals surface area (Å²) < 4.78 is 123. The van der Waals surface area contributed by atoms with Crippen LogP contribution in [0.5, 0.6) is 0 Å². The SMILES string of the molecule is CCC[C@@H](C)[C@H]1CC[C@H]2[C@@H]3CCC4CC(OC(F)(F)C(F)(F)C(F)(F)C(F)(F)c5cc(N)cc(N)c5)CC[C@]4(C)[C@H]3CC[C@]12C. The smallest absolute Gasteiger partial charge is 0.399 e. The molecule has 4 N–H and O–H groups in total. The molecule has 0 aliphatic heterocycles. The van der Waals surface area contributed by atoms with Crippen LogP contribution in [0, 0.1) is 46.3 Å². The Balaban J connectivity index is 1.29. The van der Waals surface area contributed by atoms with Gasteiger partial charge >= 0.3 is 23.9 Å². The zero-order valence-corrected chi connectivity index (χ0v) is 26.6. The zero-order chi connectivity index (χ0) is 33.4. The molecule has 0 aromatic heterocycles. The van der Waals surface area contributed by atoms with Gasteiger partial charge in [0.25, 0.3) is 0 Å². The van der Waals surface area contributed by atoms with Crippen LogP contribution in [0.25, 0.3) is 0 Å². The van der Waals surface area contributed by atoms with Gasteiger partial charge in [-0.15, -0.1) is 0 Å². The minimum absolute atomic E-state index is 0.00278. The molecular formula is C34H48F8N2O. The van der Waals surface area contributed by atoms with E-state index in [-0.39, 0.29) is 29.6 Å². The number of fused-ring (bicyclic) bond motifs is 5. The molecule has 45 heavy (non-hydrogen) atoms. The number of ether oxygens (including phenoxy) is 1. The molecule has 0 bridgehead atoms. The Bertz CT molecular complexity index is 1220. The molecule has 3 nitrogen and oxygen atoms in total. The topological polar surface area (TPSA) is 61.3 Å². The summed E-state index contributed by atoms with van der Waals surface area (Å²) in [6, 6.07) is 1.56. The second kappa shape index (κ2) is 11.4. The second-order valence-electron chi connectivity index (χ2n) is 15.3. The second-order valence-corrected chi connectivity index (χ2v) is 15.3. The minimum Gasteiger partial charge on any atom is -0.399 e. The number of nitrogens with two attached hydrogens (primary N) is 2. The Kier molecular flexibility index (Phi) is 8.78. The van der Waals surface area contributed by atoms with E-state index >= 15 is 0 Å². The van der Waals surface area contributed by atoms with Gasteiger partial charge < -0.3 is 16.2 Å². The van der Waals surface area contributed by atoms with Crippen molar-refractivity contribution in [3.8, 4) is 0 Å². The maximum Gasteiger partial charge on any atom is 0.426 e. The van der Waals surface area contributed by atoms with Gasteiger partial charge in [-0.2, -0.15) is 35.1 Å². The molecule has 2 unspecified atom stereocenters. The summed E-state index contributed by atoms with van der Waals surface area (Å²) in [6.45, 7) is 9.22. The summed E-state index contributed by atoms with van der Waals surface area (Å²) in [6.07, 6.45) is 1.60. The fourth-order valence-corrected chi connectivity index (χ4v) is 10.7. The molecular weight excluding hydrogens is 604 g/mol. The fraction of sp³-hybridized carbons (Fsp3) is 0.824. The van der Waals surface area contributed by atoms with Crippen molar-refractivity contribution in [3.05, 3.63) is 23.8 Å². The molecule has 5 rings (SSSR count). The highest BCUT2D eigenvalue weighted by Gasteiger charge is 2.82. The van der Waals surface area contributed by atoms with Gasteiger partial charge in [0.1, 0.15) is 0 Å². The number of rotatable bonds is 9. The van der Waals surface area contributed by atoms with E-state index < -0.39 is 46.9 Å². The van der Waals surface area contributed by atoms with E-state index in [1.807, 2.05) is 0 Å². The Morgan fingerprint density at radius 2 is 1.40 bits per heavy atom. The number of hydrogen-bond acceptors (Lipinski definition) is 3. The van der Waals surface area contributed by atoms with E-state index in [1.54, 1.807) is 0 Å². The van der Waals surface area contributed by atoms with E-state index in [9.17, 15) is 35.1 Å². The maximum absolute atomic E-state index is 15.0. The van der Waals surface area contributed by atoms with E-state index in [1.165, 1.54) is 19.3 Å². The Morgan fingerprint density at radius 1 is 0.800 bits per heavy atom. The molecule has 4 fully saturated rings. The van der Waals surface area contributed by atoms with E-state index in [0.717, 1.165) is 31.7 Å². The van der Waals surface area contributed by atoms with Gasteiger partial charge in [-0.25, -0.2) is 0 Å². The number of benzene rings is 1. The fourth-order valence-electron chi connectivity index (χ4n) is 10.7. The van der Waals surface area contributed by atoms with Gasteiger partial charge in [-0.1, -0.05) is 40.5 Å². The number of nitrogen functional groups attached to an aromatic ring is 2. The number of hydrogen-bond donors (Lipinski definition) is 2. The van der Waals surface area contributed by atoms with Crippen LogP contribution in [-0.2, 0) is 10.7 Å². The van der Waals surface area contributed by atoms with Crippen LogP contribution in [-0.4, -0.2) is 24.1 Å². The lowest BCUT2D eigenvalue weighted by molar-refractivity contribution is -0.439. The third kappa shape index (κ3) is 5.33. The normalized spacial score (nSPS) is 36.6. The molecule has 1 aromatic rings. The highest BCUT2D eigenvalue weighted by atomic mass is 19.4. The van der Waals surface area contributed by atoms with E-state index in [4.69, 9.17) is 11.5 Å². The first-order valence-electron chi connectivity index (χ1n) is 16.6. The average Bonchev–Trinajstić information content (AvgIpc) is 3.29. The van der Waals surface area contributed by atoms with E-state index in [0.29, 0.717) is 54.6 Å². The van der Waals surface area contributed by atoms with Crippen LogP contribution in [0.1, 0.15) is 104 Å². The van der Waals surface area contributed by atoms with Gasteiger partial charge in [0.15, 0.2) is 0 Å².